The second-order valence-electron chi connectivity index (χ2n) is 5.83. The quantitative estimate of drug-likeness (QED) is 0.541. The molecule has 2 heteroatoms. The van der Waals surface area contributed by atoms with Crippen LogP contribution < -0.4 is 0 Å². The Balaban J connectivity index is 2.10. The third kappa shape index (κ3) is 5.71. The van der Waals surface area contributed by atoms with Crippen LogP contribution in [0.25, 0.3) is 0 Å². The van der Waals surface area contributed by atoms with Crippen molar-refractivity contribution in [2.75, 3.05) is 26.2 Å². The van der Waals surface area contributed by atoms with Gasteiger partial charge in [-0.1, -0.05) is 52.4 Å². The average Bonchev–Trinajstić information content (AvgIpc) is 2.72. The summed E-state index contributed by atoms with van der Waals surface area (Å²) in [7, 11) is 0. The second kappa shape index (κ2) is 9.80. The van der Waals surface area contributed by atoms with E-state index in [1.807, 2.05) is 0 Å². The lowest BCUT2D eigenvalue weighted by Crippen LogP contribution is -2.37. The summed E-state index contributed by atoms with van der Waals surface area (Å²) in [5.74, 6) is 0. The lowest BCUT2D eigenvalue weighted by atomic mass is 10.2. The Hall–Kier alpha value is -0.0800. The average molecular weight is 254 g/mol. The lowest BCUT2D eigenvalue weighted by Gasteiger charge is -2.27. The molecule has 1 aliphatic heterocycles. The van der Waals surface area contributed by atoms with Gasteiger partial charge < -0.3 is 0 Å². The van der Waals surface area contributed by atoms with Crippen molar-refractivity contribution >= 4 is 0 Å². The van der Waals surface area contributed by atoms with E-state index in [0.717, 1.165) is 0 Å². The van der Waals surface area contributed by atoms with Crippen molar-refractivity contribution in [2.45, 2.75) is 78.3 Å². The zero-order valence-corrected chi connectivity index (χ0v) is 13.0. The molecule has 1 saturated heterocycles. The number of hydrogen-bond donors (Lipinski definition) is 0. The molecule has 0 radical (unpaired) electrons. The van der Waals surface area contributed by atoms with Gasteiger partial charge in [0.15, 0.2) is 0 Å². The zero-order valence-electron chi connectivity index (χ0n) is 13.0. The first kappa shape index (κ1) is 16.0. The molecule has 1 aliphatic rings. The van der Waals surface area contributed by atoms with Crippen LogP contribution in [0.3, 0.4) is 0 Å². The number of nitrogens with zero attached hydrogens (tertiary/aromatic N) is 2. The first-order chi connectivity index (χ1) is 8.79. The molecule has 0 aromatic carbocycles. The molecule has 108 valence electrons. The topological polar surface area (TPSA) is 6.48 Å². The monoisotopic (exact) mass is 254 g/mol. The van der Waals surface area contributed by atoms with Gasteiger partial charge in [0.05, 0.1) is 6.17 Å². The third-order valence-electron chi connectivity index (χ3n) is 4.33. The summed E-state index contributed by atoms with van der Waals surface area (Å²) in [6.45, 7) is 12.2. The molecule has 0 aromatic heterocycles. The van der Waals surface area contributed by atoms with Crippen LogP contribution in [0.4, 0.5) is 0 Å². The Kier molecular flexibility index (Phi) is 8.70. The van der Waals surface area contributed by atoms with Gasteiger partial charge in [0.1, 0.15) is 0 Å². The fourth-order valence-corrected chi connectivity index (χ4v) is 2.94. The molecule has 0 bridgehead atoms. The summed E-state index contributed by atoms with van der Waals surface area (Å²) in [6.07, 6.45) is 11.8. The SMILES string of the molecule is CCCCCCN1CCN(CCCCCC)C1C. The van der Waals surface area contributed by atoms with Crippen molar-refractivity contribution in [1.29, 1.82) is 0 Å². The van der Waals surface area contributed by atoms with Crippen LogP contribution in [-0.4, -0.2) is 42.1 Å². The maximum absolute atomic E-state index is 2.68. The van der Waals surface area contributed by atoms with E-state index < -0.39 is 0 Å². The van der Waals surface area contributed by atoms with Gasteiger partial charge in [-0.3, -0.25) is 9.80 Å². The lowest BCUT2D eigenvalue weighted by molar-refractivity contribution is 0.149. The molecular formula is C16H34N2. The van der Waals surface area contributed by atoms with Crippen molar-refractivity contribution in [2.24, 2.45) is 0 Å². The van der Waals surface area contributed by atoms with Crippen molar-refractivity contribution in [1.82, 2.24) is 9.80 Å². The van der Waals surface area contributed by atoms with Gasteiger partial charge in [-0.05, 0) is 32.9 Å². The van der Waals surface area contributed by atoms with Crippen LogP contribution >= 0.6 is 0 Å². The summed E-state index contributed by atoms with van der Waals surface area (Å²) in [5.41, 5.74) is 0. The van der Waals surface area contributed by atoms with Gasteiger partial charge in [0.2, 0.25) is 0 Å². The zero-order chi connectivity index (χ0) is 13.2. The van der Waals surface area contributed by atoms with Crippen LogP contribution in [0.5, 0.6) is 0 Å². The summed E-state index contributed by atoms with van der Waals surface area (Å²) in [6, 6.07) is 0. The minimum Gasteiger partial charge on any atom is -0.287 e. The molecule has 1 rings (SSSR count). The highest BCUT2D eigenvalue weighted by atomic mass is 15.4. The van der Waals surface area contributed by atoms with Gasteiger partial charge in [-0.25, -0.2) is 0 Å². The molecule has 0 aromatic rings. The third-order valence-corrected chi connectivity index (χ3v) is 4.33. The van der Waals surface area contributed by atoms with Gasteiger partial charge >= 0.3 is 0 Å². The van der Waals surface area contributed by atoms with E-state index in [-0.39, 0.29) is 0 Å². The van der Waals surface area contributed by atoms with Crippen LogP contribution in [0.15, 0.2) is 0 Å². The number of hydrogen-bond acceptors (Lipinski definition) is 2. The van der Waals surface area contributed by atoms with Crippen LogP contribution in [0.2, 0.25) is 0 Å². The first-order valence-electron chi connectivity index (χ1n) is 8.27. The minimum absolute atomic E-state index is 0.688. The molecule has 0 atom stereocenters. The first-order valence-corrected chi connectivity index (χ1v) is 8.27. The summed E-state index contributed by atoms with van der Waals surface area (Å²) >= 11 is 0. The highest BCUT2D eigenvalue weighted by Crippen LogP contribution is 2.16. The summed E-state index contributed by atoms with van der Waals surface area (Å²) in [5, 5.41) is 0. The maximum Gasteiger partial charge on any atom is 0.0594 e. The molecule has 1 fully saturated rings. The van der Waals surface area contributed by atoms with Crippen LogP contribution in [0.1, 0.15) is 72.1 Å². The standard InChI is InChI=1S/C16H34N2/c1-4-6-8-10-12-17-14-15-18(16(17)3)13-11-9-7-5-2/h16H,4-15H2,1-3H3. The molecule has 1 heterocycles. The Morgan fingerprint density at radius 2 is 1.17 bits per heavy atom. The molecule has 0 spiro atoms. The molecule has 0 saturated carbocycles. The highest BCUT2D eigenvalue weighted by Gasteiger charge is 2.26. The predicted molar refractivity (Wildman–Crippen MR) is 80.9 cm³/mol. The van der Waals surface area contributed by atoms with E-state index in [4.69, 9.17) is 0 Å². The molecule has 0 aliphatic carbocycles. The molecule has 2 nitrogen and oxygen atoms in total. The highest BCUT2D eigenvalue weighted by molar-refractivity contribution is 4.78. The normalized spacial score (nSPS) is 18.8. The Morgan fingerprint density at radius 1 is 0.722 bits per heavy atom. The van der Waals surface area contributed by atoms with E-state index in [2.05, 4.69) is 30.6 Å². The van der Waals surface area contributed by atoms with Crippen molar-refractivity contribution in [3.05, 3.63) is 0 Å². The smallest absolute Gasteiger partial charge is 0.0594 e. The Labute approximate surface area is 115 Å². The molecule has 0 N–H and O–H groups in total. The Bertz CT molecular complexity index is 174. The second-order valence-corrected chi connectivity index (χ2v) is 5.83. The predicted octanol–water partition coefficient (Wildman–Crippen LogP) is 4.11. The van der Waals surface area contributed by atoms with E-state index in [9.17, 15) is 0 Å². The largest absolute Gasteiger partial charge is 0.287 e. The van der Waals surface area contributed by atoms with Crippen LogP contribution in [0, 0.1) is 0 Å². The Morgan fingerprint density at radius 3 is 1.56 bits per heavy atom. The van der Waals surface area contributed by atoms with Crippen molar-refractivity contribution in [3.8, 4) is 0 Å². The van der Waals surface area contributed by atoms with E-state index in [0.29, 0.717) is 6.17 Å². The fourth-order valence-electron chi connectivity index (χ4n) is 2.94. The maximum atomic E-state index is 2.68. The van der Waals surface area contributed by atoms with Crippen LogP contribution in [-0.2, 0) is 0 Å². The fraction of sp³-hybridized carbons (Fsp3) is 1.00. The van der Waals surface area contributed by atoms with Gasteiger partial charge in [-0.15, -0.1) is 0 Å². The van der Waals surface area contributed by atoms with E-state index in [1.165, 1.54) is 77.5 Å². The number of rotatable bonds is 10. The van der Waals surface area contributed by atoms with Gasteiger partial charge in [-0.2, -0.15) is 0 Å². The van der Waals surface area contributed by atoms with Crippen molar-refractivity contribution < 1.29 is 0 Å². The molecule has 0 amide bonds. The van der Waals surface area contributed by atoms with E-state index >= 15 is 0 Å². The summed E-state index contributed by atoms with van der Waals surface area (Å²) < 4.78 is 0. The van der Waals surface area contributed by atoms with Gasteiger partial charge in [0, 0.05) is 13.1 Å². The minimum atomic E-state index is 0.688. The van der Waals surface area contributed by atoms with E-state index in [1.54, 1.807) is 0 Å². The summed E-state index contributed by atoms with van der Waals surface area (Å²) in [4.78, 5) is 5.35. The van der Waals surface area contributed by atoms with Gasteiger partial charge in [0.25, 0.3) is 0 Å². The molecule has 18 heavy (non-hydrogen) atoms. The molecular weight excluding hydrogens is 220 g/mol. The molecule has 0 unspecified atom stereocenters. The number of unbranched alkanes of at least 4 members (excludes halogenated alkanes) is 6. The van der Waals surface area contributed by atoms with Crippen molar-refractivity contribution in [3.63, 3.8) is 0 Å².